The minimum Gasteiger partial charge on any atom is -0.342 e. The maximum Gasteiger partial charge on any atom is 0.232 e. The predicted molar refractivity (Wildman–Crippen MR) is 102 cm³/mol. The SMILES string of the molecule is Cc1cc(C)c(N(CCC(=O)N2CCCC(C)C2)S(C)(=O)=O)c(C)c1. The molecule has 0 aliphatic carbocycles. The number of carbonyl (C=O) groups excluding carboxylic acids is 1. The second-order valence-electron chi connectivity index (χ2n) is 7.42. The van der Waals surface area contributed by atoms with Gasteiger partial charge in [0.15, 0.2) is 0 Å². The summed E-state index contributed by atoms with van der Waals surface area (Å²) in [5, 5.41) is 0. The molecule has 25 heavy (non-hydrogen) atoms. The number of sulfonamides is 1. The van der Waals surface area contributed by atoms with Gasteiger partial charge in [0, 0.05) is 26.1 Å². The van der Waals surface area contributed by atoms with E-state index in [9.17, 15) is 13.2 Å². The number of nitrogens with zero attached hydrogens (tertiary/aromatic N) is 2. The van der Waals surface area contributed by atoms with Crippen LogP contribution in [0.1, 0.15) is 42.9 Å². The molecule has 140 valence electrons. The van der Waals surface area contributed by atoms with Gasteiger partial charge < -0.3 is 4.90 Å². The fraction of sp³-hybridized carbons (Fsp3) is 0.632. The third kappa shape index (κ3) is 4.97. The first-order chi connectivity index (χ1) is 11.6. The van der Waals surface area contributed by atoms with Crippen molar-refractivity contribution in [2.24, 2.45) is 5.92 Å². The second-order valence-corrected chi connectivity index (χ2v) is 9.33. The lowest BCUT2D eigenvalue weighted by atomic mass is 10.00. The van der Waals surface area contributed by atoms with Crippen molar-refractivity contribution in [1.29, 1.82) is 0 Å². The Morgan fingerprint density at radius 3 is 2.36 bits per heavy atom. The van der Waals surface area contributed by atoms with Crippen LogP contribution in [0.4, 0.5) is 5.69 Å². The summed E-state index contributed by atoms with van der Waals surface area (Å²) < 4.78 is 26.1. The monoisotopic (exact) mass is 366 g/mol. The van der Waals surface area contributed by atoms with Crippen molar-refractivity contribution in [3.8, 4) is 0 Å². The van der Waals surface area contributed by atoms with Crippen LogP contribution < -0.4 is 4.31 Å². The molecule has 6 heteroatoms. The summed E-state index contributed by atoms with van der Waals surface area (Å²) >= 11 is 0. The Balaban J connectivity index is 2.19. The van der Waals surface area contributed by atoms with E-state index in [0.29, 0.717) is 11.6 Å². The molecule has 1 aliphatic rings. The summed E-state index contributed by atoms with van der Waals surface area (Å²) in [5.41, 5.74) is 3.64. The normalized spacial score (nSPS) is 18.3. The Morgan fingerprint density at radius 1 is 1.24 bits per heavy atom. The van der Waals surface area contributed by atoms with E-state index in [-0.39, 0.29) is 18.9 Å². The Bertz CT molecular complexity index is 720. The van der Waals surface area contributed by atoms with E-state index < -0.39 is 10.0 Å². The number of anilines is 1. The first kappa shape index (κ1) is 19.8. The topological polar surface area (TPSA) is 57.7 Å². The standard InChI is InChI=1S/C19H30N2O3S/c1-14-7-6-9-20(13-14)18(22)8-10-21(25(5,23)24)19-16(3)11-15(2)12-17(19)4/h11-12,14H,6-10,13H2,1-5H3. The molecule has 2 rings (SSSR count). The highest BCUT2D eigenvalue weighted by molar-refractivity contribution is 7.92. The number of hydrogen-bond donors (Lipinski definition) is 0. The summed E-state index contributed by atoms with van der Waals surface area (Å²) in [6, 6.07) is 3.96. The van der Waals surface area contributed by atoms with Gasteiger partial charge in [-0.3, -0.25) is 9.10 Å². The number of piperidine rings is 1. The highest BCUT2D eigenvalue weighted by Gasteiger charge is 2.25. The third-order valence-corrected chi connectivity index (χ3v) is 5.99. The average Bonchev–Trinajstić information content (AvgIpc) is 2.48. The maximum absolute atomic E-state index is 12.5. The molecule has 1 amide bonds. The number of rotatable bonds is 5. The summed E-state index contributed by atoms with van der Waals surface area (Å²) in [5.74, 6) is 0.563. The molecular formula is C19H30N2O3S. The number of carbonyl (C=O) groups is 1. The number of amides is 1. The van der Waals surface area contributed by atoms with Crippen molar-refractivity contribution in [3.63, 3.8) is 0 Å². The molecule has 1 aliphatic heterocycles. The van der Waals surface area contributed by atoms with E-state index in [1.807, 2.05) is 37.8 Å². The molecule has 0 saturated carbocycles. The number of likely N-dealkylation sites (tertiary alicyclic amines) is 1. The van der Waals surface area contributed by atoms with Crippen molar-refractivity contribution < 1.29 is 13.2 Å². The van der Waals surface area contributed by atoms with Crippen LogP contribution in [0, 0.1) is 26.7 Å². The van der Waals surface area contributed by atoms with Gasteiger partial charge in [-0.25, -0.2) is 8.42 Å². The fourth-order valence-electron chi connectivity index (χ4n) is 3.78. The molecular weight excluding hydrogens is 336 g/mol. The van der Waals surface area contributed by atoms with Crippen LogP contribution >= 0.6 is 0 Å². The molecule has 1 heterocycles. The van der Waals surface area contributed by atoms with Gasteiger partial charge in [-0.1, -0.05) is 24.6 Å². The molecule has 0 spiro atoms. The lowest BCUT2D eigenvalue weighted by Crippen LogP contribution is -2.41. The van der Waals surface area contributed by atoms with Crippen LogP contribution in [0.15, 0.2) is 12.1 Å². The third-order valence-electron chi connectivity index (χ3n) is 4.82. The Hall–Kier alpha value is -1.56. The summed E-state index contributed by atoms with van der Waals surface area (Å²) in [6.45, 7) is 9.73. The molecule has 1 atom stereocenters. The number of hydrogen-bond acceptors (Lipinski definition) is 3. The van der Waals surface area contributed by atoms with Crippen molar-refractivity contribution >= 4 is 21.6 Å². The van der Waals surface area contributed by atoms with Crippen molar-refractivity contribution in [1.82, 2.24) is 4.90 Å². The van der Waals surface area contributed by atoms with E-state index in [1.165, 1.54) is 10.6 Å². The Kier molecular flexibility index (Phi) is 6.14. The molecule has 1 fully saturated rings. The molecule has 1 aromatic rings. The lowest BCUT2D eigenvalue weighted by Gasteiger charge is -2.32. The minimum absolute atomic E-state index is 0.0441. The lowest BCUT2D eigenvalue weighted by molar-refractivity contribution is -0.132. The molecule has 0 bridgehead atoms. The van der Waals surface area contributed by atoms with Gasteiger partial charge in [-0.2, -0.15) is 0 Å². The first-order valence-corrected chi connectivity index (χ1v) is 10.8. The molecule has 0 N–H and O–H groups in total. The molecule has 1 unspecified atom stereocenters. The van der Waals surface area contributed by atoms with Gasteiger partial charge in [0.25, 0.3) is 0 Å². The van der Waals surface area contributed by atoms with Crippen molar-refractivity contribution in [3.05, 3.63) is 28.8 Å². The zero-order valence-electron chi connectivity index (χ0n) is 16.0. The molecule has 0 aromatic heterocycles. The largest absolute Gasteiger partial charge is 0.342 e. The molecule has 5 nitrogen and oxygen atoms in total. The van der Waals surface area contributed by atoms with Crippen LogP contribution in [-0.4, -0.2) is 45.1 Å². The van der Waals surface area contributed by atoms with Gasteiger partial charge >= 0.3 is 0 Å². The van der Waals surface area contributed by atoms with Gasteiger partial charge in [0.05, 0.1) is 11.9 Å². The predicted octanol–water partition coefficient (Wildman–Crippen LogP) is 3.03. The number of aryl methyl sites for hydroxylation is 3. The fourth-order valence-corrected chi connectivity index (χ4v) is 4.82. The second kappa shape index (κ2) is 7.77. The van der Waals surface area contributed by atoms with Crippen molar-refractivity contribution in [2.75, 3.05) is 30.2 Å². The summed E-state index contributed by atoms with van der Waals surface area (Å²) in [7, 11) is -3.45. The maximum atomic E-state index is 12.5. The first-order valence-electron chi connectivity index (χ1n) is 8.93. The quantitative estimate of drug-likeness (QED) is 0.805. The van der Waals surface area contributed by atoms with Crippen LogP contribution in [-0.2, 0) is 14.8 Å². The van der Waals surface area contributed by atoms with Crippen LogP contribution in [0.25, 0.3) is 0 Å². The van der Waals surface area contributed by atoms with Crippen LogP contribution in [0.3, 0.4) is 0 Å². The summed E-state index contributed by atoms with van der Waals surface area (Å²) in [6.07, 6.45) is 3.60. The number of benzene rings is 1. The molecule has 1 aromatic carbocycles. The van der Waals surface area contributed by atoms with E-state index in [4.69, 9.17) is 0 Å². The molecule has 1 saturated heterocycles. The minimum atomic E-state index is -3.45. The van der Waals surface area contributed by atoms with Gasteiger partial charge in [0.1, 0.15) is 0 Å². The summed E-state index contributed by atoms with van der Waals surface area (Å²) in [4.78, 5) is 14.4. The highest BCUT2D eigenvalue weighted by Crippen LogP contribution is 2.28. The van der Waals surface area contributed by atoms with E-state index >= 15 is 0 Å². The van der Waals surface area contributed by atoms with E-state index in [2.05, 4.69) is 6.92 Å². The van der Waals surface area contributed by atoms with E-state index in [1.54, 1.807) is 0 Å². The Morgan fingerprint density at radius 2 is 1.84 bits per heavy atom. The van der Waals surface area contributed by atoms with Crippen LogP contribution in [0.2, 0.25) is 0 Å². The van der Waals surface area contributed by atoms with Crippen molar-refractivity contribution in [2.45, 2.75) is 47.0 Å². The highest BCUT2D eigenvalue weighted by atomic mass is 32.2. The smallest absolute Gasteiger partial charge is 0.232 e. The van der Waals surface area contributed by atoms with Gasteiger partial charge in [-0.15, -0.1) is 0 Å². The average molecular weight is 367 g/mol. The van der Waals surface area contributed by atoms with E-state index in [0.717, 1.165) is 42.6 Å². The van der Waals surface area contributed by atoms with Gasteiger partial charge in [-0.05, 0) is 50.7 Å². The van der Waals surface area contributed by atoms with Crippen LogP contribution in [0.5, 0.6) is 0 Å². The molecule has 0 radical (unpaired) electrons. The Labute approximate surface area is 152 Å². The zero-order valence-corrected chi connectivity index (χ0v) is 16.8. The zero-order chi connectivity index (χ0) is 18.8. The van der Waals surface area contributed by atoms with Gasteiger partial charge in [0.2, 0.25) is 15.9 Å².